The molecule has 0 aromatic carbocycles. The first-order valence-corrected chi connectivity index (χ1v) is 4.26. The summed E-state index contributed by atoms with van der Waals surface area (Å²) < 4.78 is 4.77. The normalized spacial score (nSPS) is 18.3. The third kappa shape index (κ3) is 1.87. The minimum atomic E-state index is -0.270. The molecule has 1 N–H and O–H groups in total. The maximum atomic E-state index is 11.0. The molecule has 5 heteroatoms. The molecule has 0 saturated carbocycles. The highest BCUT2D eigenvalue weighted by atomic mass is 16.5. The lowest BCUT2D eigenvalue weighted by atomic mass is 10.2. The van der Waals surface area contributed by atoms with Crippen LogP contribution in [0.25, 0.3) is 0 Å². The van der Waals surface area contributed by atoms with E-state index in [4.69, 9.17) is 4.74 Å². The second-order valence-corrected chi connectivity index (χ2v) is 2.77. The Hall–Kier alpha value is -1.91. The molecule has 1 aromatic heterocycles. The molecule has 0 amide bonds. The van der Waals surface area contributed by atoms with Crippen LogP contribution in [0.15, 0.2) is 30.2 Å². The van der Waals surface area contributed by atoms with Gasteiger partial charge in [-0.15, -0.1) is 0 Å². The average Bonchev–Trinajstić information content (AvgIpc) is 2.63. The Bertz CT molecular complexity index is 362. The van der Waals surface area contributed by atoms with Gasteiger partial charge in [0.15, 0.2) is 0 Å². The van der Waals surface area contributed by atoms with E-state index < -0.39 is 0 Å². The Morgan fingerprint density at radius 1 is 1.43 bits per heavy atom. The van der Waals surface area contributed by atoms with Crippen molar-refractivity contribution in [2.75, 3.05) is 11.9 Å². The molecule has 1 aliphatic heterocycles. The van der Waals surface area contributed by atoms with E-state index in [9.17, 15) is 4.79 Å². The number of rotatable bonds is 2. The van der Waals surface area contributed by atoms with Crippen LogP contribution in [0, 0.1) is 0 Å². The molecule has 0 aliphatic carbocycles. The highest BCUT2D eigenvalue weighted by Gasteiger charge is 2.18. The van der Waals surface area contributed by atoms with Crippen LogP contribution in [0.4, 0.5) is 5.95 Å². The standard InChI is InChI=1S/C9H9N3O2/c13-8-7(2-5-14-8)6-12-9-10-3-1-4-11-9/h1,3-4,6H,2,5H2,(H,10,11,12)/b7-6-. The molecule has 0 spiro atoms. The number of cyclic esters (lactones) is 1. The number of esters is 1. The number of hydrogen-bond donors (Lipinski definition) is 1. The number of carbonyl (C=O) groups excluding carboxylic acids is 1. The van der Waals surface area contributed by atoms with Crippen molar-refractivity contribution >= 4 is 11.9 Å². The molecule has 5 nitrogen and oxygen atoms in total. The smallest absolute Gasteiger partial charge is 0.335 e. The zero-order valence-electron chi connectivity index (χ0n) is 7.43. The number of hydrogen-bond acceptors (Lipinski definition) is 5. The monoisotopic (exact) mass is 191 g/mol. The van der Waals surface area contributed by atoms with Crippen LogP contribution in [0.5, 0.6) is 0 Å². The molecule has 1 aromatic rings. The number of anilines is 1. The summed E-state index contributed by atoms with van der Waals surface area (Å²) in [5, 5.41) is 2.83. The van der Waals surface area contributed by atoms with Gasteiger partial charge >= 0.3 is 5.97 Å². The molecule has 1 aliphatic rings. The van der Waals surface area contributed by atoms with Crippen LogP contribution < -0.4 is 5.32 Å². The Balaban J connectivity index is 2.03. The Labute approximate surface area is 80.8 Å². The van der Waals surface area contributed by atoms with Gasteiger partial charge in [-0.25, -0.2) is 14.8 Å². The lowest BCUT2D eigenvalue weighted by Gasteiger charge is -1.97. The molecule has 0 bridgehead atoms. The minimum Gasteiger partial charge on any atom is -0.462 e. The Morgan fingerprint density at radius 2 is 2.21 bits per heavy atom. The van der Waals surface area contributed by atoms with Crippen LogP contribution in [-0.4, -0.2) is 22.5 Å². The van der Waals surface area contributed by atoms with Crippen molar-refractivity contribution in [1.82, 2.24) is 9.97 Å². The number of carbonyl (C=O) groups is 1. The van der Waals surface area contributed by atoms with Gasteiger partial charge in [-0.2, -0.15) is 0 Å². The van der Waals surface area contributed by atoms with Gasteiger partial charge in [-0.3, -0.25) is 0 Å². The molecule has 2 rings (SSSR count). The summed E-state index contributed by atoms with van der Waals surface area (Å²) in [6, 6.07) is 1.72. The summed E-state index contributed by atoms with van der Waals surface area (Å²) in [6.07, 6.45) is 5.48. The largest absolute Gasteiger partial charge is 0.462 e. The third-order valence-corrected chi connectivity index (χ3v) is 1.81. The summed E-state index contributed by atoms with van der Waals surface area (Å²) in [5.41, 5.74) is 0.623. The van der Waals surface area contributed by atoms with Gasteiger partial charge in [0.2, 0.25) is 5.95 Å². The third-order valence-electron chi connectivity index (χ3n) is 1.81. The van der Waals surface area contributed by atoms with E-state index in [1.165, 1.54) is 0 Å². The van der Waals surface area contributed by atoms with E-state index in [2.05, 4.69) is 15.3 Å². The van der Waals surface area contributed by atoms with E-state index in [0.717, 1.165) is 0 Å². The minimum absolute atomic E-state index is 0.270. The van der Waals surface area contributed by atoms with Gasteiger partial charge in [0.1, 0.15) is 0 Å². The van der Waals surface area contributed by atoms with Crippen LogP contribution >= 0.6 is 0 Å². The first kappa shape index (κ1) is 8.68. The SMILES string of the molecule is O=C1OCC/C1=C/Nc1ncccn1. The fraction of sp³-hybridized carbons (Fsp3) is 0.222. The van der Waals surface area contributed by atoms with E-state index in [1.807, 2.05) is 0 Å². The molecule has 0 unspecified atom stereocenters. The second-order valence-electron chi connectivity index (χ2n) is 2.77. The van der Waals surface area contributed by atoms with Crippen molar-refractivity contribution in [2.45, 2.75) is 6.42 Å². The van der Waals surface area contributed by atoms with Crippen LogP contribution in [-0.2, 0) is 9.53 Å². The lowest BCUT2D eigenvalue weighted by molar-refractivity contribution is -0.135. The maximum absolute atomic E-state index is 11.0. The van der Waals surface area contributed by atoms with E-state index >= 15 is 0 Å². The number of ether oxygens (including phenoxy) is 1. The van der Waals surface area contributed by atoms with Crippen molar-refractivity contribution in [1.29, 1.82) is 0 Å². The molecule has 72 valence electrons. The Kier molecular flexibility index (Phi) is 2.40. The molecule has 2 heterocycles. The van der Waals surface area contributed by atoms with Crippen molar-refractivity contribution in [3.05, 3.63) is 30.2 Å². The van der Waals surface area contributed by atoms with Crippen molar-refractivity contribution < 1.29 is 9.53 Å². The van der Waals surface area contributed by atoms with Crippen LogP contribution in [0.1, 0.15) is 6.42 Å². The Morgan fingerprint density at radius 3 is 2.86 bits per heavy atom. The highest BCUT2D eigenvalue weighted by molar-refractivity contribution is 5.90. The van der Waals surface area contributed by atoms with Gasteiger partial charge in [0, 0.05) is 25.0 Å². The summed E-state index contributed by atoms with van der Waals surface area (Å²) in [6.45, 7) is 0.460. The predicted octanol–water partition coefficient (Wildman–Crippen LogP) is 0.719. The summed E-state index contributed by atoms with van der Waals surface area (Å²) >= 11 is 0. The maximum Gasteiger partial charge on any atom is 0.335 e. The van der Waals surface area contributed by atoms with Gasteiger partial charge < -0.3 is 10.1 Å². The van der Waals surface area contributed by atoms with E-state index in [-0.39, 0.29) is 5.97 Å². The second kappa shape index (κ2) is 3.87. The fourth-order valence-electron chi connectivity index (χ4n) is 1.10. The van der Waals surface area contributed by atoms with Crippen LogP contribution in [0.2, 0.25) is 0 Å². The van der Waals surface area contributed by atoms with Gasteiger partial charge in [0.05, 0.1) is 12.2 Å². The topological polar surface area (TPSA) is 64.1 Å². The number of aromatic nitrogens is 2. The highest BCUT2D eigenvalue weighted by Crippen LogP contribution is 2.12. The van der Waals surface area contributed by atoms with Gasteiger partial charge in [-0.05, 0) is 6.07 Å². The number of nitrogens with one attached hydrogen (secondary N) is 1. The lowest BCUT2D eigenvalue weighted by Crippen LogP contribution is -2.00. The first-order valence-electron chi connectivity index (χ1n) is 4.26. The quantitative estimate of drug-likeness (QED) is 0.551. The molecule has 1 saturated heterocycles. The summed E-state index contributed by atoms with van der Waals surface area (Å²) in [5.74, 6) is 0.202. The predicted molar refractivity (Wildman–Crippen MR) is 49.3 cm³/mol. The molecule has 14 heavy (non-hydrogen) atoms. The summed E-state index contributed by atoms with van der Waals surface area (Å²) in [4.78, 5) is 18.9. The number of nitrogens with zero attached hydrogens (tertiary/aromatic N) is 2. The van der Waals surface area contributed by atoms with Crippen LogP contribution in [0.3, 0.4) is 0 Å². The first-order chi connectivity index (χ1) is 6.86. The molecular formula is C9H9N3O2. The zero-order valence-corrected chi connectivity index (χ0v) is 7.43. The molecule has 1 fully saturated rings. The zero-order chi connectivity index (χ0) is 9.80. The van der Waals surface area contributed by atoms with Gasteiger partial charge in [-0.1, -0.05) is 0 Å². The van der Waals surface area contributed by atoms with Crippen molar-refractivity contribution in [2.24, 2.45) is 0 Å². The molecule has 0 atom stereocenters. The van der Waals surface area contributed by atoms with Crippen molar-refractivity contribution in [3.8, 4) is 0 Å². The summed E-state index contributed by atoms with van der Waals surface area (Å²) in [7, 11) is 0. The average molecular weight is 191 g/mol. The van der Waals surface area contributed by atoms with Crippen molar-refractivity contribution in [3.63, 3.8) is 0 Å². The molecular weight excluding hydrogens is 182 g/mol. The van der Waals surface area contributed by atoms with Gasteiger partial charge in [0.25, 0.3) is 0 Å². The fourth-order valence-corrected chi connectivity index (χ4v) is 1.10. The van der Waals surface area contributed by atoms with E-state index in [0.29, 0.717) is 24.5 Å². The van der Waals surface area contributed by atoms with E-state index in [1.54, 1.807) is 24.7 Å². The molecule has 0 radical (unpaired) electrons.